The van der Waals surface area contributed by atoms with Crippen LogP contribution in [0.2, 0.25) is 0 Å². The predicted molar refractivity (Wildman–Crippen MR) is 263 cm³/mol. The van der Waals surface area contributed by atoms with Crippen molar-refractivity contribution in [2.24, 2.45) is 11.5 Å². The summed E-state index contributed by atoms with van der Waals surface area (Å²) in [6.45, 7) is 9.96. The second-order valence-corrected chi connectivity index (χ2v) is 20.1. The Bertz CT molecular complexity index is 3090. The number of fused-ring (bicyclic) bond motifs is 6. The van der Waals surface area contributed by atoms with E-state index in [1.165, 1.54) is 15.3 Å². The third kappa shape index (κ3) is 8.53. The number of amides is 5. The quantitative estimate of drug-likeness (QED) is 0.0718. The van der Waals surface area contributed by atoms with Gasteiger partial charge in [-0.2, -0.15) is 4.31 Å². The Hall–Kier alpha value is -6.23. The average Bonchev–Trinajstić information content (AvgIpc) is 4.07. The highest BCUT2D eigenvalue weighted by atomic mass is 32.2. The number of aromatic nitrogens is 2. The van der Waals surface area contributed by atoms with E-state index < -0.39 is 39.8 Å². The Morgan fingerprint density at radius 1 is 0.682 bits per heavy atom. The second kappa shape index (κ2) is 19.3. The standard InChI is InChI=1S/C50H58N8O6S2/c1-5-31(33-26-37-35-14-9-11-16-41(35)56(7-3)45(37)39(28-33)47(51)59)19-21-53-49(61)43-30-55(23-24-58(43)66(63,64)44-18-13-25-65-44)50(62)54-22-20-32(6-2)34-27-38-36-15-10-12-17-42(36)57(8-4)46(38)40(29-34)48(52)60/h9-18,25-29,31-32,43H,5-8,19-24,30H2,1-4H3,(H2,51,59)(H2,52,60)(H,53,61)(H,54,62). The van der Waals surface area contributed by atoms with Gasteiger partial charge in [-0.1, -0.05) is 56.3 Å². The van der Waals surface area contributed by atoms with Crippen LogP contribution < -0.4 is 22.1 Å². The number of thiophene rings is 1. The van der Waals surface area contributed by atoms with Gasteiger partial charge in [-0.3, -0.25) is 14.4 Å². The van der Waals surface area contributed by atoms with Crippen molar-refractivity contribution in [3.05, 3.63) is 113 Å². The summed E-state index contributed by atoms with van der Waals surface area (Å²) >= 11 is 1.08. The third-order valence-corrected chi connectivity index (χ3v) is 16.7. The maximum Gasteiger partial charge on any atom is 0.317 e. The molecular weight excluding hydrogens is 873 g/mol. The van der Waals surface area contributed by atoms with Crippen LogP contribution in [0, 0.1) is 0 Å². The fourth-order valence-electron chi connectivity index (χ4n) is 10.1. The maximum absolute atomic E-state index is 14.2. The van der Waals surface area contributed by atoms with Gasteiger partial charge in [-0.25, -0.2) is 13.2 Å². The summed E-state index contributed by atoms with van der Waals surface area (Å²) in [5, 5.41) is 11.7. The Morgan fingerprint density at radius 2 is 1.20 bits per heavy atom. The van der Waals surface area contributed by atoms with Crippen LogP contribution in [0.4, 0.5) is 4.79 Å². The van der Waals surface area contributed by atoms with Crippen molar-refractivity contribution in [2.75, 3.05) is 32.7 Å². The largest absolute Gasteiger partial charge is 0.366 e. The molecule has 4 aromatic carbocycles. The molecule has 1 fully saturated rings. The Labute approximate surface area is 388 Å². The van der Waals surface area contributed by atoms with Gasteiger partial charge in [0.2, 0.25) is 5.91 Å². The van der Waals surface area contributed by atoms with Crippen LogP contribution in [0.25, 0.3) is 43.6 Å². The van der Waals surface area contributed by atoms with Gasteiger partial charge in [-0.05, 0) is 110 Å². The van der Waals surface area contributed by atoms with Crippen molar-refractivity contribution in [1.82, 2.24) is 29.0 Å². The van der Waals surface area contributed by atoms with Gasteiger partial charge in [-0.15, -0.1) is 11.3 Å². The molecule has 3 aromatic heterocycles. The number of nitrogens with one attached hydrogen (secondary N) is 2. The first-order valence-electron chi connectivity index (χ1n) is 22.9. The van der Waals surface area contributed by atoms with E-state index in [-0.39, 0.29) is 42.2 Å². The summed E-state index contributed by atoms with van der Waals surface area (Å²) in [5.41, 5.74) is 18.4. The highest BCUT2D eigenvalue weighted by Gasteiger charge is 2.42. The summed E-state index contributed by atoms with van der Waals surface area (Å²) < 4.78 is 33.5. The Morgan fingerprint density at radius 3 is 1.67 bits per heavy atom. The van der Waals surface area contributed by atoms with E-state index in [1.54, 1.807) is 11.4 Å². The van der Waals surface area contributed by atoms with E-state index in [0.717, 1.165) is 72.5 Å². The summed E-state index contributed by atoms with van der Waals surface area (Å²) in [6.07, 6.45) is 2.55. The molecular formula is C50H58N8O6S2. The van der Waals surface area contributed by atoms with Gasteiger partial charge in [0.15, 0.2) is 0 Å². The number of piperazine rings is 1. The molecule has 0 bridgehead atoms. The minimum Gasteiger partial charge on any atom is -0.366 e. The minimum atomic E-state index is -4.05. The molecule has 1 aliphatic heterocycles. The zero-order valence-electron chi connectivity index (χ0n) is 37.9. The van der Waals surface area contributed by atoms with Crippen molar-refractivity contribution < 1.29 is 27.6 Å². The SMILES string of the molecule is CCC(CCNC(=O)C1CN(C(=O)NCCC(CC)c2cc(C(N)=O)c3c(c2)c2ccccc2n3CC)CCN1S(=O)(=O)c1cccs1)c1cc(C(N)=O)c2c(c1)c1ccccc1n2CC. The topological polar surface area (TPSA) is 195 Å². The lowest BCUT2D eigenvalue weighted by atomic mass is 9.90. The van der Waals surface area contributed by atoms with Crippen LogP contribution in [0.3, 0.4) is 0 Å². The van der Waals surface area contributed by atoms with Crippen LogP contribution in [0.1, 0.15) is 97.1 Å². The van der Waals surface area contributed by atoms with E-state index in [9.17, 15) is 27.6 Å². The first kappa shape index (κ1) is 46.3. The highest BCUT2D eigenvalue weighted by Crippen LogP contribution is 2.38. The van der Waals surface area contributed by atoms with Crippen LogP contribution >= 0.6 is 11.3 Å². The summed E-state index contributed by atoms with van der Waals surface area (Å²) in [7, 11) is -4.05. The molecule has 4 heterocycles. The van der Waals surface area contributed by atoms with Crippen LogP contribution in [0.5, 0.6) is 0 Å². The molecule has 0 aliphatic carbocycles. The fourth-order valence-corrected chi connectivity index (χ4v) is 12.8. The summed E-state index contributed by atoms with van der Waals surface area (Å²) in [5.74, 6) is -1.57. The molecule has 8 rings (SSSR count). The van der Waals surface area contributed by atoms with Crippen LogP contribution in [0.15, 0.2) is 94.5 Å². The molecule has 5 amide bonds. The number of urea groups is 1. The van der Waals surface area contributed by atoms with Gasteiger partial charge in [0.25, 0.3) is 21.8 Å². The van der Waals surface area contributed by atoms with E-state index in [2.05, 4.69) is 51.8 Å². The zero-order chi connectivity index (χ0) is 46.9. The second-order valence-electron chi connectivity index (χ2n) is 17.0. The first-order valence-corrected chi connectivity index (χ1v) is 25.2. The molecule has 14 nitrogen and oxygen atoms in total. The van der Waals surface area contributed by atoms with Crippen molar-refractivity contribution >= 4 is 88.7 Å². The van der Waals surface area contributed by atoms with Gasteiger partial charge >= 0.3 is 6.03 Å². The lowest BCUT2D eigenvalue weighted by Crippen LogP contribution is -2.62. The van der Waals surface area contributed by atoms with Crippen LogP contribution in [-0.4, -0.2) is 89.3 Å². The molecule has 1 aliphatic rings. The summed E-state index contributed by atoms with van der Waals surface area (Å²) in [4.78, 5) is 55.3. The molecule has 7 aromatic rings. The number of aryl methyl sites for hydroxylation is 2. The zero-order valence-corrected chi connectivity index (χ0v) is 39.5. The minimum absolute atomic E-state index is 0.00386. The number of carbonyl (C=O) groups excluding carboxylic acids is 4. The molecule has 6 N–H and O–H groups in total. The van der Waals surface area contributed by atoms with Crippen molar-refractivity contribution in [3.8, 4) is 0 Å². The van der Waals surface area contributed by atoms with Crippen molar-refractivity contribution in [3.63, 3.8) is 0 Å². The Kier molecular flexibility index (Phi) is 13.6. The van der Waals surface area contributed by atoms with Crippen molar-refractivity contribution in [2.45, 2.75) is 88.6 Å². The molecule has 3 atom stereocenters. The number of benzene rings is 4. The lowest BCUT2D eigenvalue weighted by Gasteiger charge is -2.39. The number of para-hydroxylation sites is 2. The molecule has 3 unspecified atom stereocenters. The number of nitrogens with two attached hydrogens (primary N) is 2. The predicted octanol–water partition coefficient (Wildman–Crippen LogP) is 7.87. The number of nitrogens with zero attached hydrogens (tertiary/aromatic N) is 4. The number of hydrogen-bond donors (Lipinski definition) is 4. The number of sulfonamides is 1. The monoisotopic (exact) mass is 930 g/mol. The fraction of sp³-hybridized carbons (Fsp3) is 0.360. The number of hydrogen-bond acceptors (Lipinski definition) is 7. The smallest absolute Gasteiger partial charge is 0.317 e. The van der Waals surface area contributed by atoms with Gasteiger partial charge < -0.3 is 36.1 Å². The molecule has 0 saturated carbocycles. The van der Waals surface area contributed by atoms with E-state index in [1.807, 2.05) is 68.4 Å². The van der Waals surface area contributed by atoms with Gasteiger partial charge in [0.1, 0.15) is 10.3 Å². The normalized spacial score (nSPS) is 15.7. The third-order valence-electron chi connectivity index (χ3n) is 13.4. The van der Waals surface area contributed by atoms with E-state index in [0.29, 0.717) is 50.0 Å². The maximum atomic E-state index is 14.2. The van der Waals surface area contributed by atoms with Gasteiger partial charge in [0.05, 0.1) is 22.2 Å². The van der Waals surface area contributed by atoms with Crippen molar-refractivity contribution in [1.29, 1.82) is 0 Å². The highest BCUT2D eigenvalue weighted by molar-refractivity contribution is 7.91. The molecule has 0 radical (unpaired) electrons. The Balaban J connectivity index is 0.974. The molecule has 1 saturated heterocycles. The molecule has 16 heteroatoms. The molecule has 66 heavy (non-hydrogen) atoms. The van der Waals surface area contributed by atoms with Gasteiger partial charge in [0, 0.05) is 78.4 Å². The van der Waals surface area contributed by atoms with E-state index >= 15 is 0 Å². The van der Waals surface area contributed by atoms with Crippen LogP contribution in [-0.2, 0) is 27.9 Å². The van der Waals surface area contributed by atoms with E-state index in [4.69, 9.17) is 11.5 Å². The first-order chi connectivity index (χ1) is 31.8. The summed E-state index contributed by atoms with van der Waals surface area (Å²) in [6, 6.07) is 25.7. The number of carbonyl (C=O) groups is 4. The average molecular weight is 931 g/mol. The molecule has 346 valence electrons. The number of rotatable bonds is 17. The lowest BCUT2D eigenvalue weighted by molar-refractivity contribution is -0.126. The molecule has 0 spiro atoms. The number of primary amides is 2.